The van der Waals surface area contributed by atoms with E-state index in [1.165, 1.54) is 0 Å². The fourth-order valence-electron chi connectivity index (χ4n) is 2.34. The van der Waals surface area contributed by atoms with E-state index in [1.54, 1.807) is 24.3 Å². The lowest BCUT2D eigenvalue weighted by Gasteiger charge is -2.16. The van der Waals surface area contributed by atoms with Crippen LogP contribution < -0.4 is 16.0 Å². The van der Waals surface area contributed by atoms with Gasteiger partial charge in [-0.15, -0.1) is 0 Å². The Morgan fingerprint density at radius 2 is 2.20 bits per heavy atom. The maximum absolute atomic E-state index is 11.3. The van der Waals surface area contributed by atoms with Crippen molar-refractivity contribution in [2.75, 3.05) is 32.8 Å². The van der Waals surface area contributed by atoms with Crippen molar-refractivity contribution in [2.45, 2.75) is 6.42 Å². The molecule has 0 bridgehead atoms. The molecule has 6 heteroatoms. The van der Waals surface area contributed by atoms with Crippen LogP contribution in [0, 0.1) is 5.92 Å². The fraction of sp³-hybridized carbons (Fsp3) is 0.500. The molecule has 1 aromatic rings. The Balaban J connectivity index is 1.73. The minimum atomic E-state index is -0.316. The van der Waals surface area contributed by atoms with Crippen LogP contribution in [0.5, 0.6) is 5.75 Å². The molecule has 0 saturated carbocycles. The molecule has 1 aliphatic rings. The minimum Gasteiger partial charge on any atom is -0.492 e. The summed E-state index contributed by atoms with van der Waals surface area (Å²) in [5.74, 6) is 5.88. The standard InChI is InChI=1S/C14H21N3O3/c15-16-14(19)12-1-3-13(4-2-12)20-8-7-17-6-5-11(9-17)10-18/h1-4,11,18H,5-10,15H2,(H,16,19). The van der Waals surface area contributed by atoms with Crippen LogP contribution in [0.4, 0.5) is 0 Å². The van der Waals surface area contributed by atoms with Crippen molar-refractivity contribution in [3.63, 3.8) is 0 Å². The third-order valence-corrected chi connectivity index (χ3v) is 3.55. The Labute approximate surface area is 118 Å². The van der Waals surface area contributed by atoms with Crippen LogP contribution in [0.25, 0.3) is 0 Å². The third kappa shape index (κ3) is 3.93. The van der Waals surface area contributed by atoms with E-state index in [2.05, 4.69) is 10.3 Å². The van der Waals surface area contributed by atoms with Crippen molar-refractivity contribution in [1.29, 1.82) is 0 Å². The lowest BCUT2D eigenvalue weighted by atomic mass is 10.1. The van der Waals surface area contributed by atoms with Crippen LogP contribution in [-0.4, -0.2) is 48.8 Å². The molecular weight excluding hydrogens is 258 g/mol. The number of hydrogen-bond donors (Lipinski definition) is 3. The Kier molecular flexibility index (Phi) is 5.34. The first-order chi connectivity index (χ1) is 9.72. The molecule has 1 aliphatic heterocycles. The number of aliphatic hydroxyl groups is 1. The number of nitrogens with one attached hydrogen (secondary N) is 1. The van der Waals surface area contributed by atoms with Crippen LogP contribution >= 0.6 is 0 Å². The molecule has 0 spiro atoms. The van der Waals surface area contributed by atoms with Crippen LogP contribution in [0.15, 0.2) is 24.3 Å². The zero-order chi connectivity index (χ0) is 14.4. The number of hydrogen-bond acceptors (Lipinski definition) is 5. The van der Waals surface area contributed by atoms with E-state index in [0.717, 1.165) is 31.8 Å². The molecule has 0 aliphatic carbocycles. The quantitative estimate of drug-likeness (QED) is 0.387. The first-order valence-electron chi connectivity index (χ1n) is 6.80. The summed E-state index contributed by atoms with van der Waals surface area (Å²) in [7, 11) is 0. The molecule has 1 atom stereocenters. The van der Waals surface area contributed by atoms with Crippen LogP contribution in [0.1, 0.15) is 16.8 Å². The molecule has 2 rings (SSSR count). The number of nitrogens with two attached hydrogens (primary N) is 1. The number of ether oxygens (including phenoxy) is 1. The monoisotopic (exact) mass is 279 g/mol. The number of carbonyl (C=O) groups excluding carboxylic acids is 1. The summed E-state index contributed by atoms with van der Waals surface area (Å²) in [5.41, 5.74) is 2.59. The molecule has 6 nitrogen and oxygen atoms in total. The number of carbonyl (C=O) groups is 1. The van der Waals surface area contributed by atoms with E-state index in [1.807, 2.05) is 0 Å². The Bertz CT molecular complexity index is 436. The van der Waals surface area contributed by atoms with Crippen molar-refractivity contribution in [1.82, 2.24) is 10.3 Å². The normalized spacial score (nSPS) is 19.0. The Morgan fingerprint density at radius 3 is 2.80 bits per heavy atom. The van der Waals surface area contributed by atoms with Gasteiger partial charge in [-0.05, 0) is 43.1 Å². The molecule has 0 radical (unpaired) electrons. The largest absolute Gasteiger partial charge is 0.492 e. The fourth-order valence-corrected chi connectivity index (χ4v) is 2.34. The summed E-state index contributed by atoms with van der Waals surface area (Å²) in [6, 6.07) is 6.86. The van der Waals surface area contributed by atoms with Gasteiger partial charge in [-0.25, -0.2) is 5.84 Å². The highest BCUT2D eigenvalue weighted by atomic mass is 16.5. The predicted octanol–water partition coefficient (Wildman–Crippen LogP) is -0.0169. The molecule has 1 amide bonds. The summed E-state index contributed by atoms with van der Waals surface area (Å²) < 4.78 is 5.64. The van der Waals surface area contributed by atoms with E-state index in [0.29, 0.717) is 18.1 Å². The molecule has 4 N–H and O–H groups in total. The molecule has 0 aromatic heterocycles. The molecule has 20 heavy (non-hydrogen) atoms. The van der Waals surface area contributed by atoms with Gasteiger partial charge in [0.25, 0.3) is 5.91 Å². The van der Waals surface area contributed by atoms with Crippen LogP contribution in [-0.2, 0) is 0 Å². The van der Waals surface area contributed by atoms with Crippen molar-refractivity contribution in [3.8, 4) is 5.75 Å². The number of hydrazine groups is 1. The van der Waals surface area contributed by atoms with Gasteiger partial charge < -0.3 is 9.84 Å². The highest BCUT2D eigenvalue weighted by Gasteiger charge is 2.21. The second kappa shape index (κ2) is 7.23. The molecule has 110 valence electrons. The number of aliphatic hydroxyl groups excluding tert-OH is 1. The van der Waals surface area contributed by atoms with Crippen molar-refractivity contribution >= 4 is 5.91 Å². The topological polar surface area (TPSA) is 87.8 Å². The van der Waals surface area contributed by atoms with Crippen LogP contribution in [0.2, 0.25) is 0 Å². The smallest absolute Gasteiger partial charge is 0.265 e. The first kappa shape index (κ1) is 14.8. The predicted molar refractivity (Wildman–Crippen MR) is 75.2 cm³/mol. The number of benzene rings is 1. The number of nitrogen functional groups attached to an aromatic ring is 1. The van der Waals surface area contributed by atoms with Gasteiger partial charge in [-0.3, -0.25) is 15.1 Å². The summed E-state index contributed by atoms with van der Waals surface area (Å²) >= 11 is 0. The van der Waals surface area contributed by atoms with Gasteiger partial charge in [0.05, 0.1) is 0 Å². The molecule has 1 fully saturated rings. The number of likely N-dealkylation sites (tertiary alicyclic amines) is 1. The van der Waals surface area contributed by atoms with E-state index in [-0.39, 0.29) is 12.5 Å². The Morgan fingerprint density at radius 1 is 1.45 bits per heavy atom. The number of amides is 1. The van der Waals surface area contributed by atoms with Gasteiger partial charge in [-0.2, -0.15) is 0 Å². The summed E-state index contributed by atoms with van der Waals surface area (Å²) in [6.07, 6.45) is 1.05. The zero-order valence-electron chi connectivity index (χ0n) is 11.4. The van der Waals surface area contributed by atoms with E-state index in [4.69, 9.17) is 15.7 Å². The molecule has 1 heterocycles. The van der Waals surface area contributed by atoms with Gasteiger partial charge in [0, 0.05) is 25.3 Å². The van der Waals surface area contributed by atoms with Gasteiger partial charge in [0.2, 0.25) is 0 Å². The van der Waals surface area contributed by atoms with E-state index >= 15 is 0 Å². The lowest BCUT2D eigenvalue weighted by molar-refractivity contribution is 0.0953. The van der Waals surface area contributed by atoms with Crippen molar-refractivity contribution in [3.05, 3.63) is 29.8 Å². The SMILES string of the molecule is NNC(=O)c1ccc(OCCN2CCC(CO)C2)cc1. The molecular formula is C14H21N3O3. The van der Waals surface area contributed by atoms with Crippen molar-refractivity contribution < 1.29 is 14.6 Å². The summed E-state index contributed by atoms with van der Waals surface area (Å²) in [5, 5.41) is 9.08. The van der Waals surface area contributed by atoms with Crippen LogP contribution in [0.3, 0.4) is 0 Å². The third-order valence-electron chi connectivity index (χ3n) is 3.55. The number of rotatable bonds is 6. The summed E-state index contributed by atoms with van der Waals surface area (Å²) in [6.45, 7) is 3.67. The van der Waals surface area contributed by atoms with Crippen molar-refractivity contribution in [2.24, 2.45) is 11.8 Å². The van der Waals surface area contributed by atoms with Gasteiger partial charge in [0.1, 0.15) is 12.4 Å². The Hall–Kier alpha value is -1.63. The second-order valence-corrected chi connectivity index (χ2v) is 4.98. The van der Waals surface area contributed by atoms with Gasteiger partial charge >= 0.3 is 0 Å². The lowest BCUT2D eigenvalue weighted by Crippen LogP contribution is -2.29. The zero-order valence-corrected chi connectivity index (χ0v) is 11.4. The average molecular weight is 279 g/mol. The highest BCUT2D eigenvalue weighted by molar-refractivity contribution is 5.93. The maximum Gasteiger partial charge on any atom is 0.265 e. The van der Waals surface area contributed by atoms with E-state index in [9.17, 15) is 4.79 Å². The van der Waals surface area contributed by atoms with Gasteiger partial charge in [0.15, 0.2) is 0 Å². The molecule has 1 aromatic carbocycles. The van der Waals surface area contributed by atoms with E-state index < -0.39 is 0 Å². The minimum absolute atomic E-state index is 0.266. The van der Waals surface area contributed by atoms with Gasteiger partial charge in [-0.1, -0.05) is 0 Å². The first-order valence-corrected chi connectivity index (χ1v) is 6.80. The second-order valence-electron chi connectivity index (χ2n) is 4.98. The average Bonchev–Trinajstić information content (AvgIpc) is 2.95. The maximum atomic E-state index is 11.3. The summed E-state index contributed by atoms with van der Waals surface area (Å²) in [4.78, 5) is 13.6. The number of nitrogens with zero attached hydrogens (tertiary/aromatic N) is 1. The molecule has 1 unspecified atom stereocenters. The highest BCUT2D eigenvalue weighted by Crippen LogP contribution is 2.16. The molecule has 1 saturated heterocycles.